The van der Waals surface area contributed by atoms with Crippen molar-refractivity contribution in [1.82, 2.24) is 9.34 Å². The molecule has 23 heavy (non-hydrogen) atoms. The molecule has 2 rings (SSSR count). The number of likely N-dealkylation sites (N-methyl/N-ethyl adjacent to an activating group) is 2. The molecule has 0 unspecified atom stereocenters. The van der Waals surface area contributed by atoms with Gasteiger partial charge in [0, 0.05) is 20.2 Å². The van der Waals surface area contributed by atoms with Crippen molar-refractivity contribution in [3.05, 3.63) is 43.7 Å². The minimum atomic E-state index is -0.399. The van der Waals surface area contributed by atoms with E-state index in [0.717, 1.165) is 13.1 Å². The molecule has 0 aromatic carbocycles. The predicted octanol–water partition coefficient (Wildman–Crippen LogP) is 4.12. The van der Waals surface area contributed by atoms with Gasteiger partial charge in [-0.2, -0.15) is 0 Å². The van der Waals surface area contributed by atoms with Gasteiger partial charge in [-0.1, -0.05) is 34.6 Å². The minimum absolute atomic E-state index is 0. The summed E-state index contributed by atoms with van der Waals surface area (Å²) in [6.07, 6.45) is 0. The van der Waals surface area contributed by atoms with Crippen molar-refractivity contribution in [3.63, 3.8) is 0 Å². The standard InChI is InChI=1S/C10H15.C5H13N2OP.CO.CH3.Fe/c1-6-7(2)9(4)10(5)8(6)3;1-6-4-5-7(2)9(6)8-3;1-2;;/h1-5H3;4-5H2,1-3H3;;1H3;/q;;;-1;+2. The van der Waals surface area contributed by atoms with Crippen LogP contribution in [-0.2, 0) is 26.2 Å². The Kier molecular flexibility index (Phi) is 17.0. The number of nitrogens with zero attached hydrogens (tertiary/aromatic N) is 2. The van der Waals surface area contributed by atoms with Crippen molar-refractivity contribution in [1.29, 1.82) is 0 Å². The maximum Gasteiger partial charge on any atom is 2.00 e. The van der Waals surface area contributed by atoms with Crippen LogP contribution in [0.4, 0.5) is 0 Å². The first-order valence-electron chi connectivity index (χ1n) is 6.97. The van der Waals surface area contributed by atoms with Crippen LogP contribution in [0.5, 0.6) is 0 Å². The topological polar surface area (TPSA) is 35.6 Å². The van der Waals surface area contributed by atoms with E-state index in [1.54, 1.807) is 7.11 Å². The molecule has 133 valence electrons. The Bertz CT molecular complexity index is 265. The third-order valence-corrected chi connectivity index (χ3v) is 6.20. The van der Waals surface area contributed by atoms with E-state index in [4.69, 9.17) is 9.18 Å². The van der Waals surface area contributed by atoms with Gasteiger partial charge in [0.25, 0.3) is 0 Å². The molecule has 1 heterocycles. The molecule has 0 spiro atoms. The van der Waals surface area contributed by atoms with Crippen molar-refractivity contribution < 1.29 is 26.2 Å². The average molecular weight is 382 g/mol. The number of rotatable bonds is 1. The second-order valence-corrected chi connectivity index (χ2v) is 7.56. The van der Waals surface area contributed by atoms with Gasteiger partial charge in [0.1, 0.15) is 0 Å². The van der Waals surface area contributed by atoms with Gasteiger partial charge in [-0.25, -0.2) is 9.34 Å². The zero-order chi connectivity index (χ0) is 16.7. The summed E-state index contributed by atoms with van der Waals surface area (Å²) in [5.74, 6) is 7.34. The van der Waals surface area contributed by atoms with E-state index in [9.17, 15) is 0 Å². The van der Waals surface area contributed by atoms with Crippen LogP contribution in [0.2, 0.25) is 0 Å². The zero-order valence-electron chi connectivity index (χ0n) is 15.9. The third-order valence-electron chi connectivity index (χ3n) is 4.31. The van der Waals surface area contributed by atoms with Gasteiger partial charge < -0.3 is 12.0 Å². The molecule has 6 heteroatoms. The number of hydrogen-bond donors (Lipinski definition) is 0. The molecule has 0 N–H and O–H groups in total. The minimum Gasteiger partial charge on any atom is -0.358 e. The molecule has 2 fully saturated rings. The predicted molar refractivity (Wildman–Crippen MR) is 94.1 cm³/mol. The molecule has 1 saturated heterocycles. The van der Waals surface area contributed by atoms with Gasteiger partial charge in [-0.15, -0.1) is 0 Å². The zero-order valence-corrected chi connectivity index (χ0v) is 17.9. The van der Waals surface area contributed by atoms with Crippen molar-refractivity contribution >= 4 is 8.45 Å². The van der Waals surface area contributed by atoms with Gasteiger partial charge in [0.05, 0.1) is 0 Å². The fraction of sp³-hybridized carbons (Fsp3) is 0.588. The summed E-state index contributed by atoms with van der Waals surface area (Å²) < 4.78 is 17.2. The third kappa shape index (κ3) is 7.55. The Morgan fingerprint density at radius 3 is 1.17 bits per heavy atom. The first-order chi connectivity index (χ1) is 9.81. The van der Waals surface area contributed by atoms with Crippen LogP contribution < -0.4 is 0 Å². The molecule has 0 aromatic heterocycles. The molecule has 0 bridgehead atoms. The molecule has 0 amide bonds. The van der Waals surface area contributed by atoms with Crippen molar-refractivity contribution in [3.8, 4) is 0 Å². The molecule has 1 saturated carbocycles. The summed E-state index contributed by atoms with van der Waals surface area (Å²) >= 11 is 0. The van der Waals surface area contributed by atoms with Crippen LogP contribution in [0.1, 0.15) is 34.6 Å². The first-order valence-corrected chi connectivity index (χ1v) is 8.14. The van der Waals surface area contributed by atoms with E-state index in [1.165, 1.54) is 29.6 Å². The Labute approximate surface area is 156 Å². The monoisotopic (exact) mass is 382 g/mol. The normalized spacial score (nSPS) is 22.5. The summed E-state index contributed by atoms with van der Waals surface area (Å²) in [7, 11) is 5.56. The van der Waals surface area contributed by atoms with Gasteiger partial charge in [0.2, 0.25) is 0 Å². The first kappa shape index (κ1) is 28.4. The van der Waals surface area contributed by atoms with Crippen LogP contribution in [0.15, 0.2) is 0 Å². The molecule has 0 aromatic rings. The van der Waals surface area contributed by atoms with E-state index in [-0.39, 0.29) is 24.5 Å². The van der Waals surface area contributed by atoms with Gasteiger partial charge in [0.15, 0.2) is 8.45 Å². The maximum absolute atomic E-state index is 7.50. The summed E-state index contributed by atoms with van der Waals surface area (Å²) in [5.41, 5.74) is 0. The van der Waals surface area contributed by atoms with E-state index >= 15 is 0 Å². The molecule has 1 aliphatic heterocycles. The Morgan fingerprint density at radius 2 is 1.04 bits per heavy atom. The Balaban J connectivity index is -0.000000292. The molecular formula is C17H31FeN2O2P+. The van der Waals surface area contributed by atoms with Crippen LogP contribution in [0.3, 0.4) is 0 Å². The smallest absolute Gasteiger partial charge is 0.358 e. The fourth-order valence-electron chi connectivity index (χ4n) is 2.41. The molecule has 5 radical (unpaired) electrons. The van der Waals surface area contributed by atoms with Crippen LogP contribution in [0, 0.1) is 43.7 Å². The quantitative estimate of drug-likeness (QED) is 0.296. The Hall–Kier alpha value is 0.569. The van der Waals surface area contributed by atoms with Gasteiger partial charge in [-0.3, -0.25) is 0 Å². The second kappa shape index (κ2) is 13.8. The van der Waals surface area contributed by atoms with Crippen LogP contribution in [0.25, 0.3) is 0 Å². The summed E-state index contributed by atoms with van der Waals surface area (Å²) in [6, 6.07) is 0. The van der Waals surface area contributed by atoms with E-state index in [1.807, 2.05) is 0 Å². The van der Waals surface area contributed by atoms with Gasteiger partial charge >= 0.3 is 28.4 Å². The SMILES string of the molecule is COP1N(C)CCN1C.C[C]1[C](C)[C](C)[C](C)[C]1C.[C-]#[O+].[CH3-].[Fe+2]. The number of hydrogen-bond acceptors (Lipinski definition) is 3. The maximum atomic E-state index is 7.50. The van der Waals surface area contributed by atoms with Crippen LogP contribution >= 0.6 is 8.45 Å². The van der Waals surface area contributed by atoms with E-state index in [0.29, 0.717) is 0 Å². The molecular weight excluding hydrogens is 351 g/mol. The largest absolute Gasteiger partial charge is 2.00 e. The summed E-state index contributed by atoms with van der Waals surface area (Å²) in [4.78, 5) is 0. The Morgan fingerprint density at radius 1 is 0.826 bits per heavy atom. The van der Waals surface area contributed by atoms with Crippen molar-refractivity contribution in [2.24, 2.45) is 0 Å². The summed E-state index contributed by atoms with van der Waals surface area (Å²) in [6.45, 7) is 17.8. The average Bonchev–Trinajstić information content (AvgIpc) is 2.90. The van der Waals surface area contributed by atoms with E-state index < -0.39 is 8.45 Å². The second-order valence-electron chi connectivity index (χ2n) is 5.32. The van der Waals surface area contributed by atoms with Gasteiger partial charge in [-0.05, 0) is 43.7 Å². The van der Waals surface area contributed by atoms with Crippen molar-refractivity contribution in [2.75, 3.05) is 34.3 Å². The molecule has 2 aliphatic rings. The van der Waals surface area contributed by atoms with Crippen LogP contribution in [-0.4, -0.2) is 43.6 Å². The molecule has 1 aliphatic carbocycles. The van der Waals surface area contributed by atoms with E-state index in [2.05, 4.69) is 64.7 Å². The fourth-order valence-corrected chi connectivity index (χ4v) is 4.01. The molecule has 4 nitrogen and oxygen atoms in total. The molecule has 0 atom stereocenters. The van der Waals surface area contributed by atoms with Crippen molar-refractivity contribution in [2.45, 2.75) is 34.6 Å². The summed E-state index contributed by atoms with van der Waals surface area (Å²) in [5, 5.41) is 0.